The third-order valence-corrected chi connectivity index (χ3v) is 16.3. The van der Waals surface area contributed by atoms with E-state index in [9.17, 15) is 29.7 Å². The van der Waals surface area contributed by atoms with Gasteiger partial charge >= 0.3 is 5.97 Å². The van der Waals surface area contributed by atoms with E-state index in [0.29, 0.717) is 25.0 Å². The Morgan fingerprint density at radius 2 is 0.955 bits per heavy atom. The van der Waals surface area contributed by atoms with Crippen LogP contribution in [0.5, 0.6) is 5.75 Å². The Morgan fingerprint density at radius 3 is 1.48 bits per heavy atom. The van der Waals surface area contributed by atoms with E-state index in [0.717, 1.165) is 32.7 Å². The number of methoxy groups -OCH3 is 2. The molecule has 20 heteroatoms. The van der Waals surface area contributed by atoms with E-state index < -0.39 is 117 Å². The minimum Gasteiger partial charge on any atom is -0.497 e. The highest BCUT2D eigenvalue weighted by Crippen LogP contribution is 2.39. The Hall–Kier alpha value is -6.83. The number of hydrogen-bond acceptors (Lipinski definition) is 19. The maximum atomic E-state index is 14.7. The van der Waals surface area contributed by atoms with Crippen molar-refractivity contribution < 1.29 is 91.3 Å². The quantitative estimate of drug-likeness (QED) is 0.0223. The molecular formula is C69H79NO19. The number of benzene rings is 6. The van der Waals surface area contributed by atoms with Crippen LogP contribution >= 0.6 is 0 Å². The molecule has 3 N–H and O–H groups in total. The monoisotopic (exact) mass is 1230 g/mol. The van der Waals surface area contributed by atoms with Crippen LogP contribution in [-0.4, -0.2) is 164 Å². The summed E-state index contributed by atoms with van der Waals surface area (Å²) >= 11 is 0. The second-order valence-electron chi connectivity index (χ2n) is 22.3. The molecule has 3 fully saturated rings. The van der Waals surface area contributed by atoms with Gasteiger partial charge in [0.15, 0.2) is 18.9 Å². The number of fused-ring (bicyclic) bond motifs is 1. The topological polar surface area (TPSA) is 235 Å². The number of carbonyl (C=O) groups is 3. The summed E-state index contributed by atoms with van der Waals surface area (Å²) in [6.07, 6.45) is -15.7. The number of aliphatic hydroxyl groups is 3. The van der Waals surface area contributed by atoms with Gasteiger partial charge in [0.2, 0.25) is 0 Å². The van der Waals surface area contributed by atoms with Gasteiger partial charge in [0.25, 0.3) is 11.8 Å². The predicted octanol–water partition coefficient (Wildman–Crippen LogP) is 7.65. The fraction of sp³-hybridized carbons (Fsp3) is 0.435. The SMILES string of the molecule is COC(=O)CCCCCO[C@@H]1O[C@H](CO[C@@H]2O[C@H](CO)[C@H](O)[C@H](O[C@@H]3O[C@@H](C)[C@@H](OCc4ccccc4)[C@@H](OCc4ccccc4)[C@@H]3OCc3ccccc3)[C@H]2O)[C@@H](OCc2ccc(OC)cc2)[C@H](OCc2ccccc2)[C@H]1N1C(=O)c2ccccc2C1=O. The first kappa shape index (κ1) is 65.1. The van der Waals surface area contributed by atoms with Gasteiger partial charge in [0.1, 0.15) is 72.8 Å². The first-order valence-electron chi connectivity index (χ1n) is 30.2. The Kier molecular flexibility index (Phi) is 23.6. The number of esters is 1. The van der Waals surface area contributed by atoms with Crippen molar-refractivity contribution in [1.82, 2.24) is 4.90 Å². The molecular weight excluding hydrogens is 1150 g/mol. The van der Waals surface area contributed by atoms with Crippen molar-refractivity contribution in [2.45, 2.75) is 158 Å². The van der Waals surface area contributed by atoms with Crippen LogP contribution in [0.3, 0.4) is 0 Å². The molecule has 15 atom stereocenters. The van der Waals surface area contributed by atoms with Crippen molar-refractivity contribution in [3.05, 3.63) is 209 Å². The summed E-state index contributed by atoms with van der Waals surface area (Å²) in [4.78, 5) is 42.5. The zero-order valence-electron chi connectivity index (χ0n) is 50.1. The van der Waals surface area contributed by atoms with E-state index in [1.165, 1.54) is 7.11 Å². The summed E-state index contributed by atoms with van der Waals surface area (Å²) in [5.74, 6) is -0.901. The van der Waals surface area contributed by atoms with E-state index >= 15 is 0 Å². The number of aliphatic hydroxyl groups excluding tert-OH is 3. The van der Waals surface area contributed by atoms with Gasteiger partial charge in [-0.15, -0.1) is 0 Å². The van der Waals surface area contributed by atoms with Gasteiger partial charge in [-0.05, 0) is 71.8 Å². The molecule has 4 aliphatic rings. The molecule has 474 valence electrons. The number of nitrogens with zero attached hydrogens (tertiary/aromatic N) is 1. The van der Waals surface area contributed by atoms with E-state index in [1.54, 1.807) is 43.5 Å². The first-order valence-corrected chi connectivity index (χ1v) is 30.2. The summed E-state index contributed by atoms with van der Waals surface area (Å²) in [5, 5.41) is 35.5. The standard InChI is InChI=1S/C69H79NO19/c1-44-59(80-38-45-21-9-4-10-22-45)63(83-40-47-25-13-6-14-26-47)64(84-41-48-27-15-7-16-28-48)69(86-44)89-62-57(73)53(37-71)87-68(58(62)74)85-43-54-60(81-42-49-32-34-50(77-2)35-33-49)61(82-39-46-23-11-5-12-24-46)56(67(88-54)79-36-20-8-17-31-55(72)78-3)70-65(75)51-29-18-19-30-52(51)66(70)76/h4-7,9-16,18-19,21-30,32-35,44,53-54,56-64,67-69,71,73-74H,8,17,20,31,36-43H2,1-3H3/t44-,53+,54+,56+,57-,58+,59+,60+,61+,62-,63+,64-,67+,68+,69-/m0/s1. The number of ether oxygens (including phenoxy) is 13. The van der Waals surface area contributed by atoms with Crippen LogP contribution < -0.4 is 4.74 Å². The number of imide groups is 1. The number of unbranched alkanes of at least 4 members (excludes halogenated alkanes) is 2. The van der Waals surface area contributed by atoms with Crippen LogP contribution in [0.25, 0.3) is 0 Å². The average molecular weight is 1230 g/mol. The lowest BCUT2D eigenvalue weighted by atomic mass is 9.94. The van der Waals surface area contributed by atoms with Gasteiger partial charge in [-0.2, -0.15) is 0 Å². The van der Waals surface area contributed by atoms with Gasteiger partial charge in [-0.1, -0.05) is 152 Å². The summed E-state index contributed by atoms with van der Waals surface area (Å²) in [6.45, 7) is 1.20. The predicted molar refractivity (Wildman–Crippen MR) is 320 cm³/mol. The molecule has 0 unspecified atom stereocenters. The Balaban J connectivity index is 0.960. The molecule has 0 aliphatic carbocycles. The highest BCUT2D eigenvalue weighted by molar-refractivity contribution is 6.21. The second kappa shape index (κ2) is 32.3. The van der Waals surface area contributed by atoms with E-state index in [-0.39, 0.29) is 63.2 Å². The van der Waals surface area contributed by atoms with Gasteiger partial charge in [-0.3, -0.25) is 19.3 Å². The van der Waals surface area contributed by atoms with E-state index in [2.05, 4.69) is 0 Å². The highest BCUT2D eigenvalue weighted by atomic mass is 16.8. The molecule has 89 heavy (non-hydrogen) atoms. The maximum Gasteiger partial charge on any atom is 0.305 e. The summed E-state index contributed by atoms with van der Waals surface area (Å²) in [6, 6.07) is 50.8. The summed E-state index contributed by atoms with van der Waals surface area (Å²) in [5.41, 5.74) is 4.55. The largest absolute Gasteiger partial charge is 0.497 e. The van der Waals surface area contributed by atoms with Crippen LogP contribution in [0, 0.1) is 0 Å². The van der Waals surface area contributed by atoms with E-state index in [4.69, 9.17) is 61.6 Å². The normalized spacial score (nSPS) is 27.7. The van der Waals surface area contributed by atoms with Crippen molar-refractivity contribution in [2.24, 2.45) is 0 Å². The average Bonchev–Trinajstić information content (AvgIpc) is 1.74. The lowest BCUT2D eigenvalue weighted by Crippen LogP contribution is -2.67. The molecule has 6 aromatic carbocycles. The third kappa shape index (κ3) is 16.6. The minimum absolute atomic E-state index is 0.00308. The summed E-state index contributed by atoms with van der Waals surface area (Å²) in [7, 11) is 2.90. The van der Waals surface area contributed by atoms with Crippen molar-refractivity contribution in [1.29, 1.82) is 0 Å². The third-order valence-electron chi connectivity index (χ3n) is 16.3. The molecule has 4 heterocycles. The second-order valence-corrected chi connectivity index (χ2v) is 22.3. The van der Waals surface area contributed by atoms with Crippen molar-refractivity contribution in [3.63, 3.8) is 0 Å². The molecule has 0 saturated carbocycles. The number of amides is 2. The van der Waals surface area contributed by atoms with Gasteiger partial charge < -0.3 is 76.9 Å². The number of carbonyl (C=O) groups excluding carboxylic acids is 3. The van der Waals surface area contributed by atoms with Crippen molar-refractivity contribution in [3.8, 4) is 5.75 Å². The molecule has 6 aromatic rings. The van der Waals surface area contributed by atoms with Crippen LogP contribution in [-0.2, 0) is 94.7 Å². The molecule has 0 spiro atoms. The lowest BCUT2D eigenvalue weighted by Gasteiger charge is -2.49. The highest BCUT2D eigenvalue weighted by Gasteiger charge is 2.57. The zero-order valence-corrected chi connectivity index (χ0v) is 50.1. The summed E-state index contributed by atoms with van der Waals surface area (Å²) < 4.78 is 84.1. The number of rotatable bonds is 30. The molecule has 20 nitrogen and oxygen atoms in total. The van der Waals surface area contributed by atoms with Crippen LogP contribution in [0.4, 0.5) is 0 Å². The van der Waals surface area contributed by atoms with Crippen LogP contribution in [0.1, 0.15) is 81.1 Å². The van der Waals surface area contributed by atoms with Gasteiger partial charge in [0.05, 0.1) is 77.7 Å². The molecule has 3 saturated heterocycles. The van der Waals surface area contributed by atoms with Gasteiger partial charge in [-0.25, -0.2) is 0 Å². The lowest BCUT2D eigenvalue weighted by molar-refractivity contribution is -0.371. The van der Waals surface area contributed by atoms with Crippen LogP contribution in [0.2, 0.25) is 0 Å². The van der Waals surface area contributed by atoms with Crippen molar-refractivity contribution in [2.75, 3.05) is 34.0 Å². The smallest absolute Gasteiger partial charge is 0.305 e. The molecule has 10 rings (SSSR count). The number of hydrogen-bond donors (Lipinski definition) is 3. The molecule has 0 aromatic heterocycles. The zero-order chi connectivity index (χ0) is 62.1. The van der Waals surface area contributed by atoms with Crippen LogP contribution in [0.15, 0.2) is 170 Å². The molecule has 0 bridgehead atoms. The Bertz CT molecular complexity index is 3090. The van der Waals surface area contributed by atoms with E-state index in [1.807, 2.05) is 140 Å². The maximum absolute atomic E-state index is 14.7. The fourth-order valence-corrected chi connectivity index (χ4v) is 11.5. The van der Waals surface area contributed by atoms with Crippen molar-refractivity contribution >= 4 is 17.8 Å². The van der Waals surface area contributed by atoms with Gasteiger partial charge in [0, 0.05) is 13.0 Å². The molecule has 2 amide bonds. The Morgan fingerprint density at radius 1 is 0.472 bits per heavy atom. The minimum atomic E-state index is -1.77. The molecule has 0 radical (unpaired) electrons. The Labute approximate surface area is 518 Å². The fourth-order valence-electron chi connectivity index (χ4n) is 11.5. The first-order chi connectivity index (χ1) is 43.5. The molecule has 4 aliphatic heterocycles.